The Morgan fingerprint density at radius 2 is 2.30 bits per heavy atom. The summed E-state index contributed by atoms with van der Waals surface area (Å²) in [5.41, 5.74) is 0. The first-order valence-corrected chi connectivity index (χ1v) is 7.45. The number of hydrogen-bond acceptors (Lipinski definition) is 4. The van der Waals surface area contributed by atoms with Gasteiger partial charge in [0.25, 0.3) is 0 Å². The maximum atomic E-state index is 12.0. The van der Waals surface area contributed by atoms with E-state index in [1.165, 1.54) is 0 Å². The number of pyridine rings is 1. The largest absolute Gasteiger partial charge is 0.370 e. The Balaban J connectivity index is 2.16. The molecule has 0 bridgehead atoms. The molecule has 1 aliphatic rings. The second-order valence-corrected chi connectivity index (χ2v) is 5.13. The highest BCUT2D eigenvalue weighted by molar-refractivity contribution is 5.85. The van der Waals surface area contributed by atoms with Crippen molar-refractivity contribution in [3.05, 3.63) is 18.2 Å². The van der Waals surface area contributed by atoms with Gasteiger partial charge in [0.1, 0.15) is 17.7 Å². The number of anilines is 2. The van der Waals surface area contributed by atoms with E-state index in [0.29, 0.717) is 0 Å². The van der Waals surface area contributed by atoms with Crippen molar-refractivity contribution in [3.63, 3.8) is 0 Å². The molecule has 20 heavy (non-hydrogen) atoms. The van der Waals surface area contributed by atoms with Gasteiger partial charge in [-0.25, -0.2) is 4.98 Å². The summed E-state index contributed by atoms with van der Waals surface area (Å²) >= 11 is 0. The highest BCUT2D eigenvalue weighted by atomic mass is 16.2. The molecule has 2 N–H and O–H groups in total. The molecule has 0 saturated carbocycles. The molecular formula is C15H24N4O. The van der Waals surface area contributed by atoms with Crippen LogP contribution in [0.4, 0.5) is 11.6 Å². The average Bonchev–Trinajstić information content (AvgIpc) is 2.52. The van der Waals surface area contributed by atoms with Crippen molar-refractivity contribution in [1.82, 2.24) is 10.3 Å². The zero-order valence-electron chi connectivity index (χ0n) is 12.4. The third-order valence-corrected chi connectivity index (χ3v) is 3.64. The smallest absolute Gasteiger partial charge is 0.242 e. The average molecular weight is 276 g/mol. The topological polar surface area (TPSA) is 57.3 Å². The predicted octanol–water partition coefficient (Wildman–Crippen LogP) is 2.01. The quantitative estimate of drug-likeness (QED) is 0.864. The molecular weight excluding hydrogens is 252 g/mol. The van der Waals surface area contributed by atoms with Crippen LogP contribution in [-0.2, 0) is 4.79 Å². The van der Waals surface area contributed by atoms with Gasteiger partial charge in [0.2, 0.25) is 5.91 Å². The molecule has 0 spiro atoms. The number of likely N-dealkylation sites (N-methyl/N-ethyl adjacent to an activating group) is 1. The summed E-state index contributed by atoms with van der Waals surface area (Å²) in [5, 5.41) is 6.05. The summed E-state index contributed by atoms with van der Waals surface area (Å²) in [6.07, 6.45) is 4.18. The molecule has 1 saturated heterocycles. The summed E-state index contributed by atoms with van der Waals surface area (Å²) in [5.74, 6) is 1.85. The Labute approximate surface area is 120 Å². The van der Waals surface area contributed by atoms with Crippen molar-refractivity contribution < 1.29 is 4.79 Å². The lowest BCUT2D eigenvalue weighted by molar-refractivity contribution is -0.122. The van der Waals surface area contributed by atoms with Crippen molar-refractivity contribution in [2.45, 2.75) is 38.6 Å². The molecule has 1 aliphatic heterocycles. The van der Waals surface area contributed by atoms with Gasteiger partial charge in [0, 0.05) is 20.1 Å². The molecule has 0 aliphatic carbocycles. The van der Waals surface area contributed by atoms with E-state index in [4.69, 9.17) is 0 Å². The van der Waals surface area contributed by atoms with Crippen molar-refractivity contribution in [3.8, 4) is 0 Å². The first-order valence-electron chi connectivity index (χ1n) is 7.45. The maximum Gasteiger partial charge on any atom is 0.242 e. The van der Waals surface area contributed by atoms with Crippen LogP contribution in [0.3, 0.4) is 0 Å². The van der Waals surface area contributed by atoms with Crippen LogP contribution in [0.25, 0.3) is 0 Å². The monoisotopic (exact) mass is 276 g/mol. The number of piperidine rings is 1. The molecule has 5 nitrogen and oxygen atoms in total. The number of amides is 1. The Morgan fingerprint density at radius 3 is 3.05 bits per heavy atom. The number of carbonyl (C=O) groups excluding carboxylic acids is 1. The molecule has 2 heterocycles. The zero-order chi connectivity index (χ0) is 14.4. The lowest BCUT2D eigenvalue weighted by Gasteiger charge is -2.35. The van der Waals surface area contributed by atoms with Crippen LogP contribution in [-0.4, -0.2) is 37.1 Å². The van der Waals surface area contributed by atoms with Crippen LogP contribution in [0.5, 0.6) is 0 Å². The SMILES string of the molecule is CCCNc1cccc(N2CCCCC2C(=O)NC)n1. The van der Waals surface area contributed by atoms with Gasteiger partial charge in [0.05, 0.1) is 0 Å². The van der Waals surface area contributed by atoms with E-state index in [1.807, 2.05) is 18.2 Å². The fourth-order valence-electron chi connectivity index (χ4n) is 2.58. The van der Waals surface area contributed by atoms with Crippen LogP contribution in [0, 0.1) is 0 Å². The van der Waals surface area contributed by atoms with Gasteiger partial charge in [-0.2, -0.15) is 0 Å². The molecule has 1 fully saturated rings. The summed E-state index contributed by atoms with van der Waals surface area (Å²) in [7, 11) is 1.70. The van der Waals surface area contributed by atoms with E-state index in [-0.39, 0.29) is 11.9 Å². The summed E-state index contributed by atoms with van der Waals surface area (Å²) < 4.78 is 0. The molecule has 1 atom stereocenters. The molecule has 0 aromatic carbocycles. The fourth-order valence-corrected chi connectivity index (χ4v) is 2.58. The normalized spacial score (nSPS) is 18.7. The van der Waals surface area contributed by atoms with Gasteiger partial charge in [0.15, 0.2) is 0 Å². The first-order chi connectivity index (χ1) is 9.76. The van der Waals surface area contributed by atoms with E-state index >= 15 is 0 Å². The lowest BCUT2D eigenvalue weighted by atomic mass is 10.0. The zero-order valence-corrected chi connectivity index (χ0v) is 12.4. The summed E-state index contributed by atoms with van der Waals surface area (Å²) in [6, 6.07) is 5.86. The third-order valence-electron chi connectivity index (χ3n) is 3.64. The number of hydrogen-bond donors (Lipinski definition) is 2. The number of rotatable bonds is 5. The molecule has 2 rings (SSSR count). The number of aromatic nitrogens is 1. The molecule has 1 unspecified atom stereocenters. The van der Waals surface area contributed by atoms with Crippen molar-refractivity contribution in [1.29, 1.82) is 0 Å². The van der Waals surface area contributed by atoms with Crippen LogP contribution >= 0.6 is 0 Å². The van der Waals surface area contributed by atoms with Gasteiger partial charge in [-0.3, -0.25) is 4.79 Å². The predicted molar refractivity (Wildman–Crippen MR) is 82.1 cm³/mol. The number of carbonyl (C=O) groups is 1. The minimum Gasteiger partial charge on any atom is -0.370 e. The lowest BCUT2D eigenvalue weighted by Crippen LogP contribution is -2.49. The highest BCUT2D eigenvalue weighted by Gasteiger charge is 2.28. The van der Waals surface area contributed by atoms with Crippen LogP contribution in [0.15, 0.2) is 18.2 Å². The number of nitrogens with zero attached hydrogens (tertiary/aromatic N) is 2. The molecule has 0 radical (unpaired) electrons. The van der Waals surface area contributed by atoms with Gasteiger partial charge >= 0.3 is 0 Å². The minimum absolute atomic E-state index is 0.0819. The molecule has 5 heteroatoms. The standard InChI is InChI=1S/C15H24N4O/c1-3-10-17-13-8-6-9-14(18-13)19-11-5-4-7-12(19)15(20)16-2/h6,8-9,12H,3-5,7,10-11H2,1-2H3,(H,16,20)(H,17,18). The first kappa shape index (κ1) is 14.6. The second-order valence-electron chi connectivity index (χ2n) is 5.13. The van der Waals surface area contributed by atoms with Gasteiger partial charge in [-0.15, -0.1) is 0 Å². The Hall–Kier alpha value is -1.78. The summed E-state index contributed by atoms with van der Waals surface area (Å²) in [4.78, 5) is 18.8. The van der Waals surface area contributed by atoms with E-state index in [1.54, 1.807) is 7.05 Å². The van der Waals surface area contributed by atoms with Crippen molar-refractivity contribution >= 4 is 17.5 Å². The van der Waals surface area contributed by atoms with Crippen LogP contribution in [0.1, 0.15) is 32.6 Å². The molecule has 1 amide bonds. The Morgan fingerprint density at radius 1 is 1.45 bits per heavy atom. The van der Waals surface area contributed by atoms with E-state index in [2.05, 4.69) is 27.4 Å². The van der Waals surface area contributed by atoms with Gasteiger partial charge < -0.3 is 15.5 Å². The molecule has 110 valence electrons. The van der Waals surface area contributed by atoms with E-state index in [9.17, 15) is 4.79 Å². The maximum absolute atomic E-state index is 12.0. The Kier molecular flexibility index (Phi) is 5.21. The third kappa shape index (κ3) is 3.40. The summed E-state index contributed by atoms with van der Waals surface area (Å²) in [6.45, 7) is 3.93. The minimum atomic E-state index is -0.0947. The molecule has 1 aromatic rings. The second kappa shape index (κ2) is 7.12. The van der Waals surface area contributed by atoms with E-state index in [0.717, 1.165) is 50.4 Å². The van der Waals surface area contributed by atoms with Gasteiger partial charge in [-0.1, -0.05) is 13.0 Å². The van der Waals surface area contributed by atoms with Gasteiger partial charge in [-0.05, 0) is 37.8 Å². The van der Waals surface area contributed by atoms with Crippen LogP contribution in [0.2, 0.25) is 0 Å². The highest BCUT2D eigenvalue weighted by Crippen LogP contribution is 2.24. The van der Waals surface area contributed by atoms with Crippen molar-refractivity contribution in [2.75, 3.05) is 30.4 Å². The fraction of sp³-hybridized carbons (Fsp3) is 0.600. The number of nitrogens with one attached hydrogen (secondary N) is 2. The molecule has 1 aromatic heterocycles. The van der Waals surface area contributed by atoms with Crippen molar-refractivity contribution in [2.24, 2.45) is 0 Å². The Bertz CT molecular complexity index is 449. The van der Waals surface area contributed by atoms with Crippen LogP contribution < -0.4 is 15.5 Å². The van der Waals surface area contributed by atoms with E-state index < -0.39 is 0 Å².